The van der Waals surface area contributed by atoms with E-state index in [0.717, 1.165) is 11.3 Å². The van der Waals surface area contributed by atoms with E-state index < -0.39 is 17.7 Å². The second-order valence-corrected chi connectivity index (χ2v) is 7.63. The number of thiazole rings is 1. The van der Waals surface area contributed by atoms with Crippen molar-refractivity contribution in [2.24, 2.45) is 0 Å². The van der Waals surface area contributed by atoms with Gasteiger partial charge < -0.3 is 15.4 Å². The first-order chi connectivity index (χ1) is 12.3. The number of alkyl carbamates (subject to hydrolysis) is 1. The number of nitrogens with one attached hydrogen (secondary N) is 2. The van der Waals surface area contributed by atoms with Gasteiger partial charge in [0.2, 0.25) is 5.91 Å². The van der Waals surface area contributed by atoms with E-state index in [1.165, 1.54) is 11.3 Å². The lowest BCUT2D eigenvalue weighted by atomic mass is 10.1. The van der Waals surface area contributed by atoms with Crippen LogP contribution in [0.4, 0.5) is 4.79 Å². The first kappa shape index (κ1) is 19.9. The smallest absolute Gasteiger partial charge is 0.408 e. The SMILES string of the molecule is CC(C)(C)OC(=O)NC(Cc1ccccc1)C(=O)NCCc1cscn1. The van der Waals surface area contributed by atoms with Gasteiger partial charge in [-0.25, -0.2) is 9.78 Å². The van der Waals surface area contributed by atoms with Crippen molar-refractivity contribution in [2.75, 3.05) is 6.54 Å². The Labute approximate surface area is 158 Å². The molecule has 140 valence electrons. The Morgan fingerprint density at radius 2 is 1.96 bits per heavy atom. The zero-order chi connectivity index (χ0) is 19.0. The van der Waals surface area contributed by atoms with E-state index in [2.05, 4.69) is 15.6 Å². The van der Waals surface area contributed by atoms with Gasteiger partial charge >= 0.3 is 6.09 Å². The lowest BCUT2D eigenvalue weighted by Crippen LogP contribution is -2.49. The van der Waals surface area contributed by atoms with Gasteiger partial charge in [0.25, 0.3) is 0 Å². The topological polar surface area (TPSA) is 80.3 Å². The van der Waals surface area contributed by atoms with Crippen molar-refractivity contribution >= 4 is 23.3 Å². The Balaban J connectivity index is 1.96. The number of hydrogen-bond donors (Lipinski definition) is 2. The molecule has 7 heteroatoms. The summed E-state index contributed by atoms with van der Waals surface area (Å²) in [5, 5.41) is 7.49. The van der Waals surface area contributed by atoms with Crippen molar-refractivity contribution in [3.05, 3.63) is 52.5 Å². The predicted octanol–water partition coefficient (Wildman–Crippen LogP) is 2.94. The van der Waals surface area contributed by atoms with Gasteiger partial charge in [0.05, 0.1) is 11.2 Å². The molecule has 0 spiro atoms. The zero-order valence-electron chi connectivity index (χ0n) is 15.3. The molecule has 1 atom stereocenters. The number of rotatable bonds is 7. The lowest BCUT2D eigenvalue weighted by molar-refractivity contribution is -0.123. The number of benzene rings is 1. The molecule has 6 nitrogen and oxygen atoms in total. The molecule has 2 amide bonds. The second-order valence-electron chi connectivity index (χ2n) is 6.91. The summed E-state index contributed by atoms with van der Waals surface area (Å²) in [5.74, 6) is -0.241. The molecule has 0 aliphatic rings. The van der Waals surface area contributed by atoms with E-state index >= 15 is 0 Å². The van der Waals surface area contributed by atoms with E-state index in [1.807, 2.05) is 35.7 Å². The molecule has 1 heterocycles. The number of aromatic nitrogens is 1. The minimum absolute atomic E-state index is 0.241. The Morgan fingerprint density at radius 3 is 2.58 bits per heavy atom. The molecule has 2 aromatic rings. The van der Waals surface area contributed by atoms with Crippen molar-refractivity contribution in [3.63, 3.8) is 0 Å². The maximum absolute atomic E-state index is 12.6. The molecule has 2 rings (SSSR count). The molecule has 1 unspecified atom stereocenters. The molecule has 0 saturated heterocycles. The molecule has 0 saturated carbocycles. The van der Waals surface area contributed by atoms with E-state index in [4.69, 9.17) is 4.74 Å². The minimum atomic E-state index is -0.706. The van der Waals surface area contributed by atoms with Crippen LogP contribution in [-0.4, -0.2) is 35.2 Å². The molecule has 0 fully saturated rings. The summed E-state index contributed by atoms with van der Waals surface area (Å²) >= 11 is 1.52. The third-order valence-electron chi connectivity index (χ3n) is 3.45. The number of ether oxygens (including phenoxy) is 1. The summed E-state index contributed by atoms with van der Waals surface area (Å²) in [6, 6.07) is 8.86. The fraction of sp³-hybridized carbons (Fsp3) is 0.421. The van der Waals surface area contributed by atoms with Crippen LogP contribution in [-0.2, 0) is 22.4 Å². The van der Waals surface area contributed by atoms with Crippen LogP contribution in [0.25, 0.3) is 0 Å². The molecular formula is C19H25N3O3S. The number of hydrogen-bond acceptors (Lipinski definition) is 5. The monoisotopic (exact) mass is 375 g/mol. The van der Waals surface area contributed by atoms with Crippen molar-refractivity contribution in [1.82, 2.24) is 15.6 Å². The number of carbonyl (C=O) groups is 2. The summed E-state index contributed by atoms with van der Waals surface area (Å²) in [6.45, 7) is 5.82. The highest BCUT2D eigenvalue weighted by Crippen LogP contribution is 2.09. The normalized spacial score (nSPS) is 12.3. The molecule has 1 aromatic heterocycles. The van der Waals surface area contributed by atoms with E-state index in [1.54, 1.807) is 26.3 Å². The highest BCUT2D eigenvalue weighted by Gasteiger charge is 2.24. The first-order valence-corrected chi connectivity index (χ1v) is 9.46. The van der Waals surface area contributed by atoms with Crippen LogP contribution in [0.1, 0.15) is 32.0 Å². The van der Waals surface area contributed by atoms with Crippen LogP contribution in [0.15, 0.2) is 41.2 Å². The molecule has 26 heavy (non-hydrogen) atoms. The van der Waals surface area contributed by atoms with Gasteiger partial charge in [-0.3, -0.25) is 4.79 Å². The maximum atomic E-state index is 12.6. The Kier molecular flexibility index (Phi) is 7.15. The van der Waals surface area contributed by atoms with Crippen LogP contribution in [0.5, 0.6) is 0 Å². The van der Waals surface area contributed by atoms with Crippen molar-refractivity contribution in [2.45, 2.75) is 45.3 Å². The summed E-state index contributed by atoms with van der Waals surface area (Å²) in [5.41, 5.74) is 3.04. The number of amides is 2. The number of nitrogens with zero attached hydrogens (tertiary/aromatic N) is 1. The lowest BCUT2D eigenvalue weighted by Gasteiger charge is -2.23. The van der Waals surface area contributed by atoms with Gasteiger partial charge in [-0.05, 0) is 26.3 Å². The van der Waals surface area contributed by atoms with E-state index in [9.17, 15) is 9.59 Å². The van der Waals surface area contributed by atoms with Crippen molar-refractivity contribution in [3.8, 4) is 0 Å². The Hall–Kier alpha value is -2.41. The van der Waals surface area contributed by atoms with E-state index in [0.29, 0.717) is 19.4 Å². The fourth-order valence-corrected chi connectivity index (χ4v) is 2.90. The molecule has 0 radical (unpaired) electrons. The average molecular weight is 375 g/mol. The molecule has 0 aliphatic heterocycles. The average Bonchev–Trinajstić information content (AvgIpc) is 3.06. The van der Waals surface area contributed by atoms with Crippen molar-refractivity contribution in [1.29, 1.82) is 0 Å². The van der Waals surface area contributed by atoms with Crippen LogP contribution >= 0.6 is 11.3 Å². The third kappa shape index (κ3) is 7.23. The number of carbonyl (C=O) groups excluding carboxylic acids is 2. The summed E-state index contributed by atoms with van der Waals surface area (Å²) in [7, 11) is 0. The Bertz CT molecular complexity index is 697. The second kappa shape index (κ2) is 9.33. The standard InChI is InChI=1S/C19H25N3O3S/c1-19(2,3)25-18(24)22-16(11-14-7-5-4-6-8-14)17(23)20-10-9-15-12-26-13-21-15/h4-8,12-13,16H,9-11H2,1-3H3,(H,20,23)(H,22,24). The van der Waals surface area contributed by atoms with Gasteiger partial charge in [0.1, 0.15) is 11.6 Å². The molecular weight excluding hydrogens is 350 g/mol. The molecule has 0 bridgehead atoms. The highest BCUT2D eigenvalue weighted by atomic mass is 32.1. The fourth-order valence-electron chi connectivity index (χ4n) is 2.31. The van der Waals surface area contributed by atoms with Crippen molar-refractivity contribution < 1.29 is 14.3 Å². The third-order valence-corrected chi connectivity index (χ3v) is 4.09. The van der Waals surface area contributed by atoms with Gasteiger partial charge in [0.15, 0.2) is 0 Å². The van der Waals surface area contributed by atoms with E-state index in [-0.39, 0.29) is 5.91 Å². The first-order valence-electron chi connectivity index (χ1n) is 8.52. The van der Waals surface area contributed by atoms with Gasteiger partial charge in [-0.2, -0.15) is 0 Å². The van der Waals surface area contributed by atoms with Crippen LogP contribution in [0.2, 0.25) is 0 Å². The maximum Gasteiger partial charge on any atom is 0.408 e. The molecule has 2 N–H and O–H groups in total. The summed E-state index contributed by atoms with van der Waals surface area (Å²) < 4.78 is 5.28. The summed E-state index contributed by atoms with van der Waals surface area (Å²) in [4.78, 5) is 28.9. The minimum Gasteiger partial charge on any atom is -0.444 e. The van der Waals surface area contributed by atoms with Crippen LogP contribution in [0.3, 0.4) is 0 Å². The largest absolute Gasteiger partial charge is 0.444 e. The quantitative estimate of drug-likeness (QED) is 0.780. The highest BCUT2D eigenvalue weighted by molar-refractivity contribution is 7.07. The van der Waals surface area contributed by atoms with Crippen LogP contribution in [0, 0.1) is 0 Å². The van der Waals surface area contributed by atoms with Gasteiger partial charge in [-0.15, -0.1) is 11.3 Å². The predicted molar refractivity (Wildman–Crippen MR) is 102 cm³/mol. The molecule has 1 aromatic carbocycles. The Morgan fingerprint density at radius 1 is 1.23 bits per heavy atom. The molecule has 0 aliphatic carbocycles. The van der Waals surface area contributed by atoms with Gasteiger partial charge in [-0.1, -0.05) is 30.3 Å². The zero-order valence-corrected chi connectivity index (χ0v) is 16.1. The summed E-state index contributed by atoms with van der Waals surface area (Å²) in [6.07, 6.45) is 0.440. The van der Waals surface area contributed by atoms with Crippen LogP contribution < -0.4 is 10.6 Å². The van der Waals surface area contributed by atoms with Gasteiger partial charge in [0, 0.05) is 24.8 Å².